The number of amides is 1. The average molecular weight is 478 g/mol. The number of nitrogens with zero attached hydrogens (tertiary/aromatic N) is 4. The Labute approximate surface area is 182 Å². The topological polar surface area (TPSA) is 72.7 Å². The molecular weight excluding hydrogens is 464 g/mol. The van der Waals surface area contributed by atoms with Crippen LogP contribution in [-0.2, 0) is 17.1 Å². The molecule has 0 atom stereocenters. The largest absolute Gasteiger partial charge is 0.435 e. The van der Waals surface area contributed by atoms with Gasteiger partial charge in [0, 0.05) is 23.3 Å². The molecule has 2 aromatic heterocycles. The lowest BCUT2D eigenvalue weighted by atomic mass is 10.0. The van der Waals surface area contributed by atoms with E-state index in [1.807, 2.05) is 0 Å². The minimum Gasteiger partial charge on any atom is -0.310 e. The maximum absolute atomic E-state index is 13.9. The summed E-state index contributed by atoms with van der Waals surface area (Å²) in [6.45, 7) is 2.97. The molecule has 3 rings (SSSR count). The van der Waals surface area contributed by atoms with Crippen molar-refractivity contribution in [2.75, 3.05) is 5.32 Å². The summed E-state index contributed by atoms with van der Waals surface area (Å²) in [6, 6.07) is 3.40. The Balaban J connectivity index is 2.39. The van der Waals surface area contributed by atoms with Gasteiger partial charge in [0.2, 0.25) is 5.91 Å². The number of nitrogens with one attached hydrogen (secondary N) is 1. The first-order valence-electron chi connectivity index (χ1n) is 8.95. The molecule has 13 heteroatoms. The first-order chi connectivity index (χ1) is 14.8. The van der Waals surface area contributed by atoms with Gasteiger partial charge in [0.05, 0.1) is 11.1 Å². The van der Waals surface area contributed by atoms with E-state index in [0.717, 1.165) is 6.07 Å². The Kier molecular flexibility index (Phi) is 6.18. The number of benzene rings is 1. The molecule has 0 fully saturated rings. The van der Waals surface area contributed by atoms with E-state index in [0.29, 0.717) is 16.8 Å². The van der Waals surface area contributed by atoms with Crippen molar-refractivity contribution in [1.82, 2.24) is 19.7 Å². The summed E-state index contributed by atoms with van der Waals surface area (Å²) in [5, 5.41) is 5.34. The second-order valence-corrected chi connectivity index (χ2v) is 7.34. The third-order valence-corrected chi connectivity index (χ3v) is 4.39. The van der Waals surface area contributed by atoms with Crippen LogP contribution >= 0.6 is 11.6 Å². The molecule has 6 nitrogen and oxygen atoms in total. The van der Waals surface area contributed by atoms with Gasteiger partial charge in [0.15, 0.2) is 5.69 Å². The number of aromatic nitrogens is 4. The molecule has 2 heterocycles. The molecule has 0 aliphatic heterocycles. The lowest BCUT2D eigenvalue weighted by Gasteiger charge is -2.14. The van der Waals surface area contributed by atoms with Crippen molar-refractivity contribution >= 4 is 23.3 Å². The van der Waals surface area contributed by atoms with Gasteiger partial charge in [-0.1, -0.05) is 25.4 Å². The molecule has 0 saturated carbocycles. The van der Waals surface area contributed by atoms with Crippen molar-refractivity contribution < 1.29 is 31.1 Å². The van der Waals surface area contributed by atoms with Crippen LogP contribution in [0.15, 0.2) is 36.7 Å². The van der Waals surface area contributed by atoms with Crippen LogP contribution in [0.25, 0.3) is 17.1 Å². The predicted octanol–water partition coefficient (Wildman–Crippen LogP) is 5.61. The van der Waals surface area contributed by atoms with Crippen molar-refractivity contribution in [3.05, 3.63) is 52.9 Å². The molecule has 0 bridgehead atoms. The number of rotatable bonds is 4. The maximum atomic E-state index is 13.9. The smallest absolute Gasteiger partial charge is 0.310 e. The lowest BCUT2D eigenvalue weighted by molar-refractivity contribution is -0.140. The van der Waals surface area contributed by atoms with Crippen LogP contribution in [0.3, 0.4) is 0 Å². The molecule has 0 aliphatic rings. The zero-order chi connectivity index (χ0) is 23.8. The van der Waals surface area contributed by atoms with Crippen LogP contribution in [-0.4, -0.2) is 25.7 Å². The second-order valence-electron chi connectivity index (χ2n) is 6.90. The predicted molar refractivity (Wildman–Crippen MR) is 103 cm³/mol. The molecule has 0 saturated heterocycles. The number of halogens is 7. The normalized spacial score (nSPS) is 12.3. The molecule has 1 aromatic carbocycles. The SMILES string of the molecule is CC(C)C(=O)Nc1c(-c2cc(Cl)cc(C(F)(F)F)c2)c(C(F)(F)F)nn1-c1ncccn1. The van der Waals surface area contributed by atoms with E-state index >= 15 is 0 Å². The highest BCUT2D eigenvalue weighted by atomic mass is 35.5. The highest BCUT2D eigenvalue weighted by Crippen LogP contribution is 2.44. The molecule has 1 N–H and O–H groups in total. The molecule has 32 heavy (non-hydrogen) atoms. The fraction of sp³-hybridized carbons (Fsp3) is 0.263. The van der Waals surface area contributed by atoms with Gasteiger partial charge in [-0.25, -0.2) is 9.97 Å². The van der Waals surface area contributed by atoms with E-state index in [1.165, 1.54) is 32.3 Å². The molecule has 170 valence electrons. The maximum Gasteiger partial charge on any atom is 0.435 e. The Morgan fingerprint density at radius 1 is 1.03 bits per heavy atom. The average Bonchev–Trinajstić information content (AvgIpc) is 3.07. The van der Waals surface area contributed by atoms with Crippen LogP contribution in [0, 0.1) is 5.92 Å². The highest BCUT2D eigenvalue weighted by Gasteiger charge is 2.41. The standard InChI is InChI=1S/C19H14ClF6N5O/c1-9(2)16(32)29-15-13(10-6-11(18(21,22)23)8-12(20)7-10)14(19(24,25)26)30-31(15)17-27-4-3-5-28-17/h3-9H,1-2H3,(H,29,32). The third-order valence-electron chi connectivity index (χ3n) is 4.18. The zero-order valence-electron chi connectivity index (χ0n) is 16.4. The Hall–Kier alpha value is -3.15. The van der Waals surface area contributed by atoms with Gasteiger partial charge in [0.1, 0.15) is 5.82 Å². The fourth-order valence-electron chi connectivity index (χ4n) is 2.71. The Bertz CT molecular complexity index is 1140. The summed E-state index contributed by atoms with van der Waals surface area (Å²) in [4.78, 5) is 20.0. The van der Waals surface area contributed by atoms with E-state index in [9.17, 15) is 31.1 Å². The summed E-state index contributed by atoms with van der Waals surface area (Å²) < 4.78 is 82.2. The quantitative estimate of drug-likeness (QED) is 0.495. The molecule has 1 amide bonds. The molecule has 0 unspecified atom stereocenters. The van der Waals surface area contributed by atoms with Gasteiger partial charge in [-0.3, -0.25) is 4.79 Å². The van der Waals surface area contributed by atoms with E-state index in [4.69, 9.17) is 11.6 Å². The third kappa shape index (κ3) is 4.85. The van der Waals surface area contributed by atoms with Crippen LogP contribution < -0.4 is 5.32 Å². The van der Waals surface area contributed by atoms with E-state index in [2.05, 4.69) is 20.4 Å². The molecule has 0 aliphatic carbocycles. The van der Waals surface area contributed by atoms with Gasteiger partial charge in [-0.15, -0.1) is 0 Å². The number of hydrogen-bond donors (Lipinski definition) is 1. The zero-order valence-corrected chi connectivity index (χ0v) is 17.1. The Morgan fingerprint density at radius 3 is 2.19 bits per heavy atom. The van der Waals surface area contributed by atoms with Gasteiger partial charge in [-0.2, -0.15) is 36.1 Å². The fourth-order valence-corrected chi connectivity index (χ4v) is 2.94. The van der Waals surface area contributed by atoms with Gasteiger partial charge < -0.3 is 5.32 Å². The highest BCUT2D eigenvalue weighted by molar-refractivity contribution is 6.31. The molecule has 0 radical (unpaired) electrons. The van der Waals surface area contributed by atoms with E-state index < -0.39 is 57.4 Å². The minimum atomic E-state index is -5.09. The summed E-state index contributed by atoms with van der Waals surface area (Å²) in [5.74, 6) is -2.24. The van der Waals surface area contributed by atoms with E-state index in [-0.39, 0.29) is 5.95 Å². The van der Waals surface area contributed by atoms with Crippen LogP contribution in [0.1, 0.15) is 25.1 Å². The first-order valence-corrected chi connectivity index (χ1v) is 9.33. The summed E-state index contributed by atoms with van der Waals surface area (Å²) in [6.07, 6.45) is -7.51. The second kappa shape index (κ2) is 8.41. The number of anilines is 1. The van der Waals surface area contributed by atoms with Crippen LogP contribution in [0.4, 0.5) is 32.2 Å². The summed E-state index contributed by atoms with van der Waals surface area (Å²) in [5.41, 5.74) is -4.15. The van der Waals surface area contributed by atoms with Crippen molar-refractivity contribution in [3.63, 3.8) is 0 Å². The van der Waals surface area contributed by atoms with Crippen LogP contribution in [0.5, 0.6) is 0 Å². The summed E-state index contributed by atoms with van der Waals surface area (Å²) >= 11 is 5.78. The molecule has 3 aromatic rings. The van der Waals surface area contributed by atoms with Crippen molar-refractivity contribution in [2.45, 2.75) is 26.2 Å². The molecule has 0 spiro atoms. The molecular formula is C19H14ClF6N5O. The van der Waals surface area contributed by atoms with Crippen LogP contribution in [0.2, 0.25) is 5.02 Å². The number of alkyl halides is 6. The van der Waals surface area contributed by atoms with Crippen molar-refractivity contribution in [1.29, 1.82) is 0 Å². The monoisotopic (exact) mass is 477 g/mol. The lowest BCUT2D eigenvalue weighted by Crippen LogP contribution is -2.21. The van der Waals surface area contributed by atoms with Gasteiger partial charge >= 0.3 is 12.4 Å². The summed E-state index contributed by atoms with van der Waals surface area (Å²) in [7, 11) is 0. The van der Waals surface area contributed by atoms with E-state index in [1.54, 1.807) is 0 Å². The van der Waals surface area contributed by atoms with Crippen molar-refractivity contribution in [2.24, 2.45) is 5.92 Å². The first kappa shape index (κ1) is 23.5. The van der Waals surface area contributed by atoms with Gasteiger partial charge in [-0.05, 0) is 29.8 Å². The number of hydrogen-bond acceptors (Lipinski definition) is 4. The number of carbonyl (C=O) groups is 1. The minimum absolute atomic E-state index is 0.332. The Morgan fingerprint density at radius 2 is 1.66 bits per heavy atom. The number of carbonyl (C=O) groups excluding carboxylic acids is 1. The van der Waals surface area contributed by atoms with Crippen molar-refractivity contribution in [3.8, 4) is 17.1 Å². The van der Waals surface area contributed by atoms with Gasteiger partial charge in [0.25, 0.3) is 5.95 Å².